The number of H-pyrrole nitrogens is 1. The van der Waals surface area contributed by atoms with Gasteiger partial charge in [0, 0.05) is 51.9 Å². The normalized spacial score (nSPS) is 13.8. The number of hydrogen-bond acceptors (Lipinski definition) is 4. The van der Waals surface area contributed by atoms with Crippen LogP contribution in [-0.4, -0.2) is 33.1 Å². The molecule has 3 heterocycles. The van der Waals surface area contributed by atoms with Crippen LogP contribution < -0.4 is 5.32 Å². The van der Waals surface area contributed by atoms with Gasteiger partial charge in [0.15, 0.2) is 0 Å². The van der Waals surface area contributed by atoms with Crippen molar-refractivity contribution >= 4 is 62.1 Å². The number of benzene rings is 2. The monoisotopic (exact) mass is 440 g/mol. The number of hydrogen-bond donors (Lipinski definition) is 2. The van der Waals surface area contributed by atoms with Crippen LogP contribution >= 0.6 is 12.2 Å². The van der Waals surface area contributed by atoms with Crippen molar-refractivity contribution in [3.8, 4) is 0 Å². The zero-order chi connectivity index (χ0) is 22.2. The molecule has 7 heteroatoms. The summed E-state index contributed by atoms with van der Waals surface area (Å²) in [7, 11) is 0. The van der Waals surface area contributed by atoms with Gasteiger partial charge in [0.2, 0.25) is 0 Å². The van der Waals surface area contributed by atoms with Gasteiger partial charge in [-0.1, -0.05) is 29.8 Å². The van der Waals surface area contributed by atoms with Crippen LogP contribution in [0.25, 0.3) is 33.0 Å². The Kier molecular flexibility index (Phi) is 5.05. The van der Waals surface area contributed by atoms with Crippen molar-refractivity contribution in [1.29, 1.82) is 0 Å². The molecule has 0 aliphatic carbocycles. The zero-order valence-electron chi connectivity index (χ0n) is 17.4. The number of aliphatic imine (C=N–C) groups is 1. The second kappa shape index (κ2) is 8.04. The molecular formula is C25H20N4O2S. The van der Waals surface area contributed by atoms with Crippen molar-refractivity contribution in [3.05, 3.63) is 71.5 Å². The number of aromatic nitrogens is 2. The van der Waals surface area contributed by atoms with Gasteiger partial charge in [0.05, 0.1) is 22.9 Å². The van der Waals surface area contributed by atoms with Gasteiger partial charge in [0.1, 0.15) is 0 Å². The number of aromatic amines is 1. The van der Waals surface area contributed by atoms with E-state index in [2.05, 4.69) is 49.4 Å². The van der Waals surface area contributed by atoms with Gasteiger partial charge in [-0.3, -0.25) is 14.9 Å². The number of nitrogens with zero attached hydrogens (tertiary/aromatic N) is 2. The molecule has 4 aromatic rings. The Hall–Kier alpha value is -3.80. The molecule has 0 fully saturated rings. The zero-order valence-corrected chi connectivity index (χ0v) is 18.3. The molecule has 2 amide bonds. The number of imide groups is 1. The third-order valence-electron chi connectivity index (χ3n) is 5.83. The lowest BCUT2D eigenvalue weighted by molar-refractivity contribution is -0.122. The number of para-hydroxylation sites is 1. The average Bonchev–Trinajstić information content (AvgIpc) is 3.44. The van der Waals surface area contributed by atoms with Crippen molar-refractivity contribution in [2.45, 2.75) is 19.9 Å². The number of aryl methyl sites for hydroxylation is 2. The molecule has 0 atom stereocenters. The molecular weight excluding hydrogens is 420 g/mol. The Balaban J connectivity index is 1.73. The van der Waals surface area contributed by atoms with E-state index in [9.17, 15) is 9.59 Å². The fourth-order valence-corrected chi connectivity index (χ4v) is 4.50. The Morgan fingerprint density at radius 1 is 1.03 bits per heavy atom. The Morgan fingerprint density at radius 2 is 1.81 bits per heavy atom. The van der Waals surface area contributed by atoms with E-state index < -0.39 is 0 Å². The third kappa shape index (κ3) is 3.28. The molecule has 158 valence electrons. The van der Waals surface area contributed by atoms with Gasteiger partial charge in [-0.15, -0.1) is 0 Å². The van der Waals surface area contributed by atoms with E-state index in [1.807, 2.05) is 43.5 Å². The van der Waals surface area contributed by atoms with Crippen molar-refractivity contribution in [3.63, 3.8) is 0 Å². The first-order valence-electron chi connectivity index (χ1n) is 10.4. The number of thiocarbonyl (C=S) groups is 1. The molecule has 32 heavy (non-hydrogen) atoms. The van der Waals surface area contributed by atoms with Crippen molar-refractivity contribution < 1.29 is 9.59 Å². The molecule has 1 aliphatic rings. The minimum absolute atomic E-state index is 0.374. The smallest absolute Gasteiger partial charge is 0.259 e. The average molecular weight is 441 g/mol. The van der Waals surface area contributed by atoms with Gasteiger partial charge in [-0.2, -0.15) is 0 Å². The largest absolute Gasteiger partial charge is 0.361 e. The summed E-state index contributed by atoms with van der Waals surface area (Å²) < 4.78 is 2.11. The maximum absolute atomic E-state index is 13.0. The lowest BCUT2D eigenvalue weighted by atomic mass is 9.95. The molecule has 2 N–H and O–H groups in total. The molecule has 5 rings (SSSR count). The molecule has 0 saturated heterocycles. The predicted molar refractivity (Wildman–Crippen MR) is 129 cm³/mol. The minimum Gasteiger partial charge on any atom is -0.361 e. The quantitative estimate of drug-likeness (QED) is 0.201. The van der Waals surface area contributed by atoms with Crippen molar-refractivity contribution in [2.24, 2.45) is 4.99 Å². The Labute approximate surface area is 189 Å². The van der Waals surface area contributed by atoms with E-state index in [0.29, 0.717) is 24.2 Å². The number of fused-ring (bicyclic) bond motifs is 2. The van der Waals surface area contributed by atoms with E-state index >= 15 is 0 Å². The molecule has 0 spiro atoms. The van der Waals surface area contributed by atoms with Crippen molar-refractivity contribution in [2.75, 3.05) is 6.54 Å². The van der Waals surface area contributed by atoms with Crippen molar-refractivity contribution in [1.82, 2.24) is 14.9 Å². The topological polar surface area (TPSA) is 79.2 Å². The number of carbonyl (C=O) groups is 2. The van der Waals surface area contributed by atoms with E-state index in [0.717, 1.165) is 44.9 Å². The Bertz CT molecular complexity index is 1480. The number of rotatable bonds is 6. The maximum atomic E-state index is 13.0. The van der Waals surface area contributed by atoms with Gasteiger partial charge >= 0.3 is 0 Å². The predicted octanol–water partition coefficient (Wildman–Crippen LogP) is 4.49. The van der Waals surface area contributed by atoms with E-state index in [1.165, 1.54) is 0 Å². The summed E-state index contributed by atoms with van der Waals surface area (Å²) in [6.45, 7) is 3.32. The molecule has 0 saturated carbocycles. The van der Waals surface area contributed by atoms with E-state index in [1.54, 1.807) is 6.20 Å². The summed E-state index contributed by atoms with van der Waals surface area (Å²) in [4.78, 5) is 33.1. The third-order valence-corrected chi connectivity index (χ3v) is 5.96. The summed E-state index contributed by atoms with van der Waals surface area (Å²) >= 11 is 4.65. The SMILES string of the molecule is Cc1ccc2c(c1)c(C1=C(c3c[nH]c4ccccc34)C(=O)NC1=O)cn2CCCN=C=S. The first-order valence-corrected chi connectivity index (χ1v) is 10.8. The number of nitrogens with one attached hydrogen (secondary N) is 2. The van der Waals surface area contributed by atoms with Crippen LogP contribution in [0.5, 0.6) is 0 Å². The van der Waals surface area contributed by atoms with Gasteiger partial charge in [-0.05, 0) is 43.8 Å². The highest BCUT2D eigenvalue weighted by Crippen LogP contribution is 2.38. The molecule has 2 aromatic carbocycles. The molecule has 0 unspecified atom stereocenters. The highest BCUT2D eigenvalue weighted by atomic mass is 32.1. The van der Waals surface area contributed by atoms with E-state index in [4.69, 9.17) is 0 Å². The highest BCUT2D eigenvalue weighted by Gasteiger charge is 2.35. The summed E-state index contributed by atoms with van der Waals surface area (Å²) in [5, 5.41) is 6.75. The summed E-state index contributed by atoms with van der Waals surface area (Å²) in [5.74, 6) is -0.750. The lowest BCUT2D eigenvalue weighted by Gasteiger charge is -2.03. The lowest BCUT2D eigenvalue weighted by Crippen LogP contribution is -2.22. The maximum Gasteiger partial charge on any atom is 0.259 e. The summed E-state index contributed by atoms with van der Waals surface area (Å²) in [6.07, 6.45) is 4.56. The molecule has 6 nitrogen and oxygen atoms in total. The first kappa shape index (κ1) is 20.1. The molecule has 0 radical (unpaired) electrons. The molecule has 1 aliphatic heterocycles. The molecule has 2 aromatic heterocycles. The summed E-state index contributed by atoms with van der Waals surface area (Å²) in [5.41, 5.74) is 5.30. The number of carbonyl (C=O) groups excluding carboxylic acids is 2. The molecule has 0 bridgehead atoms. The number of isothiocyanates is 1. The Morgan fingerprint density at radius 3 is 2.62 bits per heavy atom. The highest BCUT2D eigenvalue weighted by molar-refractivity contribution is 7.78. The van der Waals surface area contributed by atoms with Crippen LogP contribution in [0.3, 0.4) is 0 Å². The van der Waals surface area contributed by atoms with Crippen LogP contribution in [0, 0.1) is 6.92 Å². The first-order chi connectivity index (χ1) is 15.6. The standard InChI is InChI=1S/C25H20N4O2S/c1-15-7-8-21-17(11-15)19(13-29(21)10-4-9-26-14-32)23-22(24(30)28-25(23)31)18-12-27-20-6-3-2-5-16(18)20/h2-3,5-8,11-13,27H,4,9-10H2,1H3,(H,28,30,31). The van der Waals surface area contributed by atoms with Crippen LogP contribution in [-0.2, 0) is 16.1 Å². The van der Waals surface area contributed by atoms with Crippen LogP contribution in [0.4, 0.5) is 0 Å². The van der Waals surface area contributed by atoms with Crippen LogP contribution in [0.1, 0.15) is 23.1 Å². The second-order valence-electron chi connectivity index (χ2n) is 7.86. The van der Waals surface area contributed by atoms with E-state index in [-0.39, 0.29) is 11.8 Å². The second-order valence-corrected chi connectivity index (χ2v) is 8.05. The van der Waals surface area contributed by atoms with Gasteiger partial charge in [0.25, 0.3) is 11.8 Å². The van der Waals surface area contributed by atoms with Gasteiger partial charge < -0.3 is 9.55 Å². The van der Waals surface area contributed by atoms with Gasteiger partial charge in [-0.25, -0.2) is 4.99 Å². The fourth-order valence-electron chi connectivity index (χ4n) is 4.41. The fraction of sp³-hybridized carbons (Fsp3) is 0.160. The van der Waals surface area contributed by atoms with Crippen LogP contribution in [0.15, 0.2) is 59.9 Å². The minimum atomic E-state index is -0.376. The van der Waals surface area contributed by atoms with Crippen LogP contribution in [0.2, 0.25) is 0 Å². The number of amides is 2. The summed E-state index contributed by atoms with van der Waals surface area (Å²) in [6, 6.07) is 13.9.